The Bertz CT molecular complexity index is 317. The molecule has 0 aromatic heterocycles. The van der Waals surface area contributed by atoms with Crippen LogP contribution in [0.3, 0.4) is 0 Å². The van der Waals surface area contributed by atoms with Gasteiger partial charge in [0, 0.05) is 0 Å². The van der Waals surface area contributed by atoms with Crippen LogP contribution >= 0.6 is 0 Å². The molecule has 0 aliphatic carbocycles. The molecule has 0 saturated heterocycles. The van der Waals surface area contributed by atoms with Crippen molar-refractivity contribution < 1.29 is 4.74 Å². The van der Waals surface area contributed by atoms with Gasteiger partial charge in [0.05, 0.1) is 7.11 Å². The highest BCUT2D eigenvalue weighted by Crippen LogP contribution is 2.17. The minimum absolute atomic E-state index is 0.268. The van der Waals surface area contributed by atoms with Gasteiger partial charge in [-0.3, -0.25) is 5.84 Å². The summed E-state index contributed by atoms with van der Waals surface area (Å²) in [4.78, 5) is 0. The molecule has 0 heterocycles. The maximum absolute atomic E-state index is 5.27. The van der Waals surface area contributed by atoms with Gasteiger partial charge in [-0.15, -0.1) is 6.42 Å². The summed E-state index contributed by atoms with van der Waals surface area (Å²) in [7, 11) is 1.61. The summed E-state index contributed by atoms with van der Waals surface area (Å²) in [5.74, 6) is 8.57. The molecular formula is C10H12N2O. The maximum atomic E-state index is 5.27. The average molecular weight is 176 g/mol. The lowest BCUT2D eigenvalue weighted by atomic mass is 10.1. The highest BCUT2D eigenvalue weighted by molar-refractivity contribution is 5.33. The van der Waals surface area contributed by atoms with E-state index in [1.807, 2.05) is 24.3 Å². The first-order valence-electron chi connectivity index (χ1n) is 3.88. The predicted molar refractivity (Wildman–Crippen MR) is 51.9 cm³/mol. The summed E-state index contributed by atoms with van der Waals surface area (Å²) in [6.07, 6.45) is 5.27. The van der Waals surface area contributed by atoms with Gasteiger partial charge in [0.15, 0.2) is 0 Å². The molecule has 0 bridgehead atoms. The zero-order valence-corrected chi connectivity index (χ0v) is 7.45. The van der Waals surface area contributed by atoms with Crippen LogP contribution in [0, 0.1) is 12.3 Å². The minimum atomic E-state index is -0.268. The van der Waals surface area contributed by atoms with E-state index in [9.17, 15) is 0 Å². The Labute approximate surface area is 77.9 Å². The van der Waals surface area contributed by atoms with E-state index in [0.29, 0.717) is 0 Å². The number of methoxy groups -OCH3 is 1. The molecule has 0 fully saturated rings. The summed E-state index contributed by atoms with van der Waals surface area (Å²) in [6.45, 7) is 0. The number of benzene rings is 1. The number of nitrogens with one attached hydrogen (secondary N) is 1. The Morgan fingerprint density at radius 3 is 2.92 bits per heavy atom. The van der Waals surface area contributed by atoms with Crippen molar-refractivity contribution in [2.45, 2.75) is 6.04 Å². The van der Waals surface area contributed by atoms with Gasteiger partial charge in [0.25, 0.3) is 0 Å². The number of ether oxygens (including phenoxy) is 1. The molecule has 3 heteroatoms. The SMILES string of the molecule is C#CC(NN)c1cccc(OC)c1. The first-order chi connectivity index (χ1) is 6.31. The summed E-state index contributed by atoms with van der Waals surface area (Å²) >= 11 is 0. The Hall–Kier alpha value is -1.50. The van der Waals surface area contributed by atoms with Crippen LogP contribution in [0.25, 0.3) is 0 Å². The van der Waals surface area contributed by atoms with Crippen molar-refractivity contribution in [3.63, 3.8) is 0 Å². The lowest BCUT2D eigenvalue weighted by molar-refractivity contribution is 0.414. The number of hydrogen-bond donors (Lipinski definition) is 2. The molecule has 0 amide bonds. The van der Waals surface area contributed by atoms with Gasteiger partial charge in [-0.25, -0.2) is 5.43 Å². The van der Waals surface area contributed by atoms with Crippen LogP contribution in [0.5, 0.6) is 5.75 Å². The van der Waals surface area contributed by atoms with Crippen LogP contribution in [-0.4, -0.2) is 7.11 Å². The van der Waals surface area contributed by atoms with Crippen molar-refractivity contribution >= 4 is 0 Å². The molecule has 3 nitrogen and oxygen atoms in total. The monoisotopic (exact) mass is 176 g/mol. The molecule has 1 aromatic rings. The van der Waals surface area contributed by atoms with Gasteiger partial charge >= 0.3 is 0 Å². The van der Waals surface area contributed by atoms with Crippen LogP contribution in [0.15, 0.2) is 24.3 Å². The zero-order valence-electron chi connectivity index (χ0n) is 7.45. The maximum Gasteiger partial charge on any atom is 0.119 e. The third kappa shape index (κ3) is 2.22. The molecule has 3 N–H and O–H groups in total. The van der Waals surface area contributed by atoms with E-state index in [1.165, 1.54) is 0 Å². The quantitative estimate of drug-likeness (QED) is 0.407. The van der Waals surface area contributed by atoms with Crippen LogP contribution in [0.4, 0.5) is 0 Å². The van der Waals surface area contributed by atoms with Crippen molar-refractivity contribution in [2.75, 3.05) is 7.11 Å². The van der Waals surface area contributed by atoms with Crippen molar-refractivity contribution in [3.05, 3.63) is 29.8 Å². The van der Waals surface area contributed by atoms with E-state index in [0.717, 1.165) is 11.3 Å². The first-order valence-corrected chi connectivity index (χ1v) is 3.88. The van der Waals surface area contributed by atoms with Crippen molar-refractivity contribution in [2.24, 2.45) is 5.84 Å². The van der Waals surface area contributed by atoms with Crippen LogP contribution in [0.2, 0.25) is 0 Å². The highest BCUT2D eigenvalue weighted by atomic mass is 16.5. The number of hydrazine groups is 1. The van der Waals surface area contributed by atoms with E-state index in [-0.39, 0.29) is 6.04 Å². The topological polar surface area (TPSA) is 47.3 Å². The summed E-state index contributed by atoms with van der Waals surface area (Å²) in [5, 5.41) is 0. The molecule has 1 unspecified atom stereocenters. The van der Waals surface area contributed by atoms with Gasteiger partial charge in [-0.2, -0.15) is 0 Å². The average Bonchev–Trinajstić information content (AvgIpc) is 2.20. The number of terminal acetylenes is 1. The molecule has 0 radical (unpaired) electrons. The van der Waals surface area contributed by atoms with Gasteiger partial charge in [-0.1, -0.05) is 18.1 Å². The van der Waals surface area contributed by atoms with Gasteiger partial charge in [0.2, 0.25) is 0 Å². The third-order valence-corrected chi connectivity index (χ3v) is 1.76. The standard InChI is InChI=1S/C10H12N2O/c1-3-10(12-11)8-5-4-6-9(7-8)13-2/h1,4-7,10,12H,11H2,2H3. The molecular weight excluding hydrogens is 164 g/mol. The number of nitrogens with two attached hydrogens (primary N) is 1. The summed E-state index contributed by atoms with van der Waals surface area (Å²) < 4.78 is 5.06. The van der Waals surface area contributed by atoms with E-state index in [1.54, 1.807) is 7.11 Å². The molecule has 0 saturated carbocycles. The van der Waals surface area contributed by atoms with E-state index in [4.69, 9.17) is 17.0 Å². The second kappa shape index (κ2) is 4.51. The van der Waals surface area contributed by atoms with Crippen LogP contribution in [0.1, 0.15) is 11.6 Å². The lowest BCUT2D eigenvalue weighted by Gasteiger charge is -2.10. The van der Waals surface area contributed by atoms with Crippen molar-refractivity contribution in [3.8, 4) is 18.1 Å². The molecule has 0 aliphatic heterocycles. The van der Waals surface area contributed by atoms with E-state index >= 15 is 0 Å². The summed E-state index contributed by atoms with van der Waals surface area (Å²) in [6, 6.07) is 7.20. The van der Waals surface area contributed by atoms with Crippen LogP contribution in [-0.2, 0) is 0 Å². The molecule has 13 heavy (non-hydrogen) atoms. The third-order valence-electron chi connectivity index (χ3n) is 1.76. The molecule has 68 valence electrons. The Balaban J connectivity index is 2.94. The fraction of sp³-hybridized carbons (Fsp3) is 0.200. The predicted octanol–water partition coefficient (Wildman–Crippen LogP) is 0.833. The van der Waals surface area contributed by atoms with Gasteiger partial charge in [-0.05, 0) is 17.7 Å². The molecule has 1 rings (SSSR count). The Kier molecular flexibility index (Phi) is 3.32. The normalized spacial score (nSPS) is 11.8. The molecule has 1 aromatic carbocycles. The smallest absolute Gasteiger partial charge is 0.119 e. The Morgan fingerprint density at radius 1 is 1.62 bits per heavy atom. The second-order valence-corrected chi connectivity index (χ2v) is 2.54. The summed E-state index contributed by atoms with van der Waals surface area (Å²) in [5.41, 5.74) is 3.45. The fourth-order valence-electron chi connectivity index (χ4n) is 1.06. The zero-order chi connectivity index (χ0) is 9.68. The van der Waals surface area contributed by atoms with Crippen molar-refractivity contribution in [1.29, 1.82) is 0 Å². The van der Waals surface area contributed by atoms with Gasteiger partial charge < -0.3 is 4.74 Å². The minimum Gasteiger partial charge on any atom is -0.497 e. The molecule has 1 atom stereocenters. The number of hydrogen-bond acceptors (Lipinski definition) is 3. The fourth-order valence-corrected chi connectivity index (χ4v) is 1.06. The first kappa shape index (κ1) is 9.59. The molecule has 0 aliphatic rings. The van der Waals surface area contributed by atoms with E-state index in [2.05, 4.69) is 11.3 Å². The largest absolute Gasteiger partial charge is 0.497 e. The Morgan fingerprint density at radius 2 is 2.38 bits per heavy atom. The van der Waals surface area contributed by atoms with Crippen molar-refractivity contribution in [1.82, 2.24) is 5.43 Å². The lowest BCUT2D eigenvalue weighted by Crippen LogP contribution is -2.26. The molecule has 0 spiro atoms. The van der Waals surface area contributed by atoms with Crippen LogP contribution < -0.4 is 16.0 Å². The highest BCUT2D eigenvalue weighted by Gasteiger charge is 2.05. The van der Waals surface area contributed by atoms with Gasteiger partial charge in [0.1, 0.15) is 11.8 Å². The van der Waals surface area contributed by atoms with E-state index < -0.39 is 0 Å². The number of rotatable bonds is 3. The second-order valence-electron chi connectivity index (χ2n) is 2.54.